The van der Waals surface area contributed by atoms with E-state index in [2.05, 4.69) is 0 Å². The third kappa shape index (κ3) is 3.47. The number of aromatic nitrogens is 2. The third-order valence-corrected chi connectivity index (χ3v) is 13.2. The summed E-state index contributed by atoms with van der Waals surface area (Å²) in [5.74, 6) is -15.7. The van der Waals surface area contributed by atoms with Crippen LogP contribution in [0.2, 0.25) is 0 Å². The average molecular weight is 653 g/mol. The topological polar surface area (TPSA) is 7.76 Å². The van der Waals surface area contributed by atoms with Crippen LogP contribution in [0.1, 0.15) is 25.0 Å². The van der Waals surface area contributed by atoms with Crippen LogP contribution in [-0.4, -0.2) is 27.3 Å². The molecule has 0 radical (unpaired) electrons. The second-order valence-corrected chi connectivity index (χ2v) is 15.3. The fourth-order valence-electron chi connectivity index (χ4n) is 7.19. The van der Waals surface area contributed by atoms with Gasteiger partial charge in [-0.05, 0) is 72.5 Å². The summed E-state index contributed by atoms with van der Waals surface area (Å²) in [6.45, 7) is 3.44. The van der Waals surface area contributed by atoms with Crippen molar-refractivity contribution in [3.63, 3.8) is 0 Å². The van der Waals surface area contributed by atoms with Crippen LogP contribution in [0.3, 0.4) is 0 Å². The molecule has 2 atom stereocenters. The molecule has 0 saturated heterocycles. The maximum absolute atomic E-state index is 15.8. The standard InChI is InChI=1S/C35H26F6N2S2/c1-31-23(17-27(44-31)21-11-9-19-7-5-13-42(3)25(19)15-21)29-30(34(38,39)35(40,41)33(29,36)37)24-18-28(45-32(24,31)2)22-12-10-20-8-6-14-43(4)26(20)16-22/h5-18H,1-4H3/q+2/t31-,32-/m1/s1. The maximum Gasteiger partial charge on any atom is 0.380 e. The molecule has 4 heterocycles. The van der Waals surface area contributed by atoms with Gasteiger partial charge in [0, 0.05) is 56.0 Å². The maximum atomic E-state index is 15.8. The fraction of sp³-hybridized carbons (Fsp3) is 0.257. The summed E-state index contributed by atoms with van der Waals surface area (Å²) in [7, 11) is 3.77. The molecule has 0 spiro atoms. The molecule has 1 fully saturated rings. The van der Waals surface area contributed by atoms with Gasteiger partial charge < -0.3 is 0 Å². The van der Waals surface area contributed by atoms with Gasteiger partial charge in [-0.15, -0.1) is 23.5 Å². The minimum Gasteiger partial charge on any atom is -0.201 e. The SMILES string of the molecule is C[n+]1cccc2ccc(C3=CC4=C5C(=C6C=C(c7ccc8ccc[n+](C)c8c7)S[C@@]6(C)[C@]4(C)S3)C(F)(F)C(F)(F)C5(F)F)cc21. The number of rotatable bonds is 2. The van der Waals surface area contributed by atoms with E-state index in [0.29, 0.717) is 20.9 Å². The van der Waals surface area contributed by atoms with E-state index < -0.39 is 38.4 Å². The lowest BCUT2D eigenvalue weighted by Gasteiger charge is -2.47. The number of fused-ring (bicyclic) bond motifs is 6. The predicted molar refractivity (Wildman–Crippen MR) is 167 cm³/mol. The van der Waals surface area contributed by atoms with Crippen LogP contribution in [0.4, 0.5) is 26.3 Å². The fourth-order valence-corrected chi connectivity index (χ4v) is 10.3. The van der Waals surface area contributed by atoms with E-state index in [1.807, 2.05) is 96.3 Å². The first-order valence-corrected chi connectivity index (χ1v) is 16.0. The summed E-state index contributed by atoms with van der Waals surface area (Å²) in [6, 6.07) is 19.0. The molecule has 2 nitrogen and oxygen atoms in total. The molecular formula is C35H26F6N2S2+2. The molecule has 45 heavy (non-hydrogen) atoms. The molecule has 2 aromatic heterocycles. The van der Waals surface area contributed by atoms with Gasteiger partial charge in [-0.1, -0.05) is 12.1 Å². The van der Waals surface area contributed by atoms with Gasteiger partial charge in [0.25, 0.3) is 0 Å². The van der Waals surface area contributed by atoms with Crippen molar-refractivity contribution in [1.29, 1.82) is 0 Å². The second kappa shape index (κ2) is 8.85. The van der Waals surface area contributed by atoms with Crippen LogP contribution < -0.4 is 9.13 Å². The Morgan fingerprint density at radius 1 is 0.578 bits per heavy atom. The number of aryl methyl sites for hydroxylation is 2. The van der Waals surface area contributed by atoms with Crippen molar-refractivity contribution in [1.82, 2.24) is 0 Å². The molecule has 4 aromatic rings. The Hall–Kier alpha value is -3.50. The van der Waals surface area contributed by atoms with E-state index >= 15 is 26.3 Å². The van der Waals surface area contributed by atoms with Crippen molar-refractivity contribution >= 4 is 55.1 Å². The lowest BCUT2D eigenvalue weighted by atomic mass is 9.71. The molecule has 4 aliphatic rings. The summed E-state index contributed by atoms with van der Waals surface area (Å²) in [5, 5.41) is 1.92. The highest BCUT2D eigenvalue weighted by molar-refractivity contribution is 8.14. The largest absolute Gasteiger partial charge is 0.380 e. The predicted octanol–water partition coefficient (Wildman–Crippen LogP) is 8.56. The molecule has 0 bridgehead atoms. The summed E-state index contributed by atoms with van der Waals surface area (Å²) in [6.07, 6.45) is 6.64. The van der Waals surface area contributed by atoms with E-state index in [9.17, 15) is 0 Å². The van der Waals surface area contributed by atoms with Gasteiger partial charge in [0.05, 0.1) is 9.49 Å². The molecule has 8 rings (SSSR count). The Morgan fingerprint density at radius 3 is 1.38 bits per heavy atom. The molecule has 0 amide bonds. The molecule has 10 heteroatoms. The van der Waals surface area contributed by atoms with Crippen molar-refractivity contribution in [3.05, 3.63) is 119 Å². The van der Waals surface area contributed by atoms with Crippen molar-refractivity contribution in [3.8, 4) is 0 Å². The van der Waals surface area contributed by atoms with Crippen LogP contribution in [0.5, 0.6) is 0 Å². The Labute approximate surface area is 263 Å². The highest BCUT2D eigenvalue weighted by Crippen LogP contribution is 2.75. The molecule has 2 aromatic carbocycles. The van der Waals surface area contributed by atoms with E-state index in [4.69, 9.17) is 0 Å². The number of hydrogen-bond donors (Lipinski definition) is 0. The zero-order chi connectivity index (χ0) is 31.9. The second-order valence-electron chi connectivity index (χ2n) is 12.4. The van der Waals surface area contributed by atoms with Crippen molar-refractivity contribution < 1.29 is 35.5 Å². The lowest BCUT2D eigenvalue weighted by molar-refractivity contribution is -0.645. The van der Waals surface area contributed by atoms with Gasteiger partial charge >= 0.3 is 17.8 Å². The number of allylic oxidation sites excluding steroid dienone is 4. The molecule has 0 N–H and O–H groups in total. The van der Waals surface area contributed by atoms with Crippen molar-refractivity contribution in [2.75, 3.05) is 0 Å². The van der Waals surface area contributed by atoms with Crippen LogP contribution >= 0.6 is 23.5 Å². The van der Waals surface area contributed by atoms with Crippen LogP contribution in [0.25, 0.3) is 31.6 Å². The summed E-state index contributed by atoms with van der Waals surface area (Å²) in [5.41, 5.74) is 0.324. The quantitative estimate of drug-likeness (QED) is 0.158. The number of hydrogen-bond acceptors (Lipinski definition) is 2. The van der Waals surface area contributed by atoms with Crippen LogP contribution in [0.15, 0.2) is 108 Å². The van der Waals surface area contributed by atoms with Crippen LogP contribution in [0, 0.1) is 0 Å². The first kappa shape index (κ1) is 28.9. The minimum atomic E-state index is -5.59. The number of halogens is 6. The van der Waals surface area contributed by atoms with E-state index in [1.54, 1.807) is 13.8 Å². The summed E-state index contributed by atoms with van der Waals surface area (Å²) < 4.78 is 94.9. The Morgan fingerprint density at radius 2 is 0.978 bits per heavy atom. The number of benzene rings is 2. The highest BCUT2D eigenvalue weighted by atomic mass is 32.2. The molecular weight excluding hydrogens is 627 g/mol. The van der Waals surface area contributed by atoms with Gasteiger partial charge in [0.2, 0.25) is 11.0 Å². The van der Waals surface area contributed by atoms with Crippen molar-refractivity contribution in [2.45, 2.75) is 41.1 Å². The zero-order valence-corrected chi connectivity index (χ0v) is 26.2. The number of nitrogens with zero attached hydrogens (tertiary/aromatic N) is 2. The van der Waals surface area contributed by atoms with Gasteiger partial charge in [-0.2, -0.15) is 26.3 Å². The Kier molecular flexibility index (Phi) is 5.69. The number of pyridine rings is 2. The van der Waals surface area contributed by atoms with E-state index in [1.165, 1.54) is 35.7 Å². The highest BCUT2D eigenvalue weighted by Gasteiger charge is 2.84. The van der Waals surface area contributed by atoms with E-state index in [0.717, 1.165) is 21.8 Å². The average Bonchev–Trinajstić information content (AvgIpc) is 3.57. The first-order chi connectivity index (χ1) is 21.1. The van der Waals surface area contributed by atoms with Gasteiger partial charge in [0.15, 0.2) is 12.4 Å². The number of alkyl halides is 6. The van der Waals surface area contributed by atoms with Gasteiger partial charge in [-0.3, -0.25) is 0 Å². The normalized spacial score (nSPS) is 27.5. The Bertz CT molecular complexity index is 2010. The van der Waals surface area contributed by atoms with Crippen molar-refractivity contribution in [2.24, 2.45) is 14.1 Å². The summed E-state index contributed by atoms with van der Waals surface area (Å²) >= 11 is 2.54. The van der Waals surface area contributed by atoms with E-state index in [-0.39, 0.29) is 11.1 Å². The molecule has 2 aliphatic carbocycles. The molecule has 1 saturated carbocycles. The molecule has 228 valence electrons. The van der Waals surface area contributed by atoms with Gasteiger partial charge in [-0.25, -0.2) is 9.13 Å². The van der Waals surface area contributed by atoms with Gasteiger partial charge in [0.1, 0.15) is 14.1 Å². The van der Waals surface area contributed by atoms with Crippen LogP contribution in [-0.2, 0) is 14.1 Å². The lowest BCUT2D eigenvalue weighted by Crippen LogP contribution is -2.48. The molecule has 0 unspecified atom stereocenters. The molecule has 2 aliphatic heterocycles. The third-order valence-electron chi connectivity index (χ3n) is 9.88. The zero-order valence-electron chi connectivity index (χ0n) is 24.6. The smallest absolute Gasteiger partial charge is 0.201 e. The minimum absolute atomic E-state index is 0.171. The Balaban J connectivity index is 1.37. The number of thioether (sulfide) groups is 2. The first-order valence-electron chi connectivity index (χ1n) is 14.3. The monoisotopic (exact) mass is 652 g/mol. The summed E-state index contributed by atoms with van der Waals surface area (Å²) in [4.78, 5) is 1.13.